The van der Waals surface area contributed by atoms with Crippen molar-refractivity contribution in [3.8, 4) is 0 Å². The summed E-state index contributed by atoms with van der Waals surface area (Å²) >= 11 is 3.21. The Kier molecular flexibility index (Phi) is 3.32. The number of nitrogens with two attached hydrogens (primary N) is 1. The summed E-state index contributed by atoms with van der Waals surface area (Å²) in [5.41, 5.74) is 6.04. The topological polar surface area (TPSA) is 119 Å². The number of hydrogen-bond donors (Lipinski definition) is 3. The van der Waals surface area contributed by atoms with Gasteiger partial charge in [-0.25, -0.2) is 19.0 Å². The van der Waals surface area contributed by atoms with Crippen LogP contribution in [0.3, 0.4) is 0 Å². The predicted molar refractivity (Wildman–Crippen MR) is 69.3 cm³/mol. The van der Waals surface area contributed by atoms with E-state index in [2.05, 4.69) is 31.0 Å². The molecular weight excluding hydrogens is 337 g/mol. The van der Waals surface area contributed by atoms with Crippen LogP contribution in [0.1, 0.15) is 6.23 Å². The average Bonchev–Trinajstić information content (AvgIpc) is 2.90. The van der Waals surface area contributed by atoms with E-state index in [-0.39, 0.29) is 5.82 Å². The van der Waals surface area contributed by atoms with Crippen LogP contribution in [0.5, 0.6) is 0 Å². The Bertz CT molecular complexity index is 653. The summed E-state index contributed by atoms with van der Waals surface area (Å²) in [5.74, 6) is 0.205. The molecule has 10 heteroatoms. The molecule has 4 N–H and O–H groups in total. The lowest BCUT2D eigenvalue weighted by Crippen LogP contribution is -2.29. The number of ether oxygens (including phenoxy) is 1. The Morgan fingerprint density at radius 1 is 1.50 bits per heavy atom. The van der Waals surface area contributed by atoms with E-state index < -0.39 is 31.2 Å². The second-order valence-electron chi connectivity index (χ2n) is 4.38. The van der Waals surface area contributed by atoms with Crippen LogP contribution in [-0.4, -0.2) is 54.9 Å². The van der Waals surface area contributed by atoms with Crippen LogP contribution < -0.4 is 5.73 Å². The number of aliphatic hydroxyl groups is 2. The van der Waals surface area contributed by atoms with Crippen molar-refractivity contribution < 1.29 is 19.3 Å². The van der Waals surface area contributed by atoms with Gasteiger partial charge in [-0.05, 0) is 15.9 Å². The van der Waals surface area contributed by atoms with Gasteiger partial charge in [-0.3, -0.25) is 0 Å². The van der Waals surface area contributed by atoms with E-state index >= 15 is 0 Å². The van der Waals surface area contributed by atoms with Gasteiger partial charge in [-0.2, -0.15) is 5.10 Å². The van der Waals surface area contributed by atoms with Gasteiger partial charge in [0.25, 0.3) is 0 Å². The van der Waals surface area contributed by atoms with Gasteiger partial charge in [0.1, 0.15) is 29.0 Å². The van der Waals surface area contributed by atoms with Crippen LogP contribution in [0.4, 0.5) is 10.2 Å². The fraction of sp³-hybridized carbons (Fsp3) is 0.500. The van der Waals surface area contributed by atoms with Gasteiger partial charge in [-0.15, -0.1) is 0 Å². The molecule has 0 unspecified atom stereocenters. The van der Waals surface area contributed by atoms with E-state index in [1.165, 1.54) is 11.0 Å². The molecule has 0 saturated carbocycles. The minimum atomic E-state index is -1.71. The summed E-state index contributed by atoms with van der Waals surface area (Å²) in [4.78, 5) is 7.86. The number of nitrogen functional groups attached to an aromatic ring is 1. The molecule has 0 spiro atoms. The zero-order valence-corrected chi connectivity index (χ0v) is 11.6. The molecule has 2 aromatic heterocycles. The van der Waals surface area contributed by atoms with Gasteiger partial charge in [-0.1, -0.05) is 0 Å². The number of fused-ring (bicyclic) bond motifs is 1. The fourth-order valence-electron chi connectivity index (χ4n) is 2.19. The normalized spacial score (nSPS) is 30.2. The summed E-state index contributed by atoms with van der Waals surface area (Å²) < 4.78 is 20.6. The highest BCUT2D eigenvalue weighted by atomic mass is 79.9. The van der Waals surface area contributed by atoms with Crippen molar-refractivity contribution in [2.75, 3.05) is 12.3 Å². The van der Waals surface area contributed by atoms with Crippen LogP contribution in [-0.2, 0) is 4.74 Å². The molecule has 1 aliphatic rings. The molecule has 1 aliphatic heterocycles. The van der Waals surface area contributed by atoms with Gasteiger partial charge in [0.2, 0.25) is 0 Å². The maximum atomic E-state index is 13.8. The first-order chi connectivity index (χ1) is 9.54. The van der Waals surface area contributed by atoms with E-state index in [1.807, 2.05) is 0 Å². The van der Waals surface area contributed by atoms with E-state index in [1.54, 1.807) is 0 Å². The zero-order chi connectivity index (χ0) is 14.4. The predicted octanol–water partition coefficient (Wildman–Crippen LogP) is -0.240. The van der Waals surface area contributed by atoms with Gasteiger partial charge >= 0.3 is 0 Å². The number of aliphatic hydroxyl groups excluding tert-OH is 2. The summed E-state index contributed by atoms with van der Waals surface area (Å²) in [7, 11) is 0. The second kappa shape index (κ2) is 4.88. The Balaban J connectivity index is 2.10. The Hall–Kier alpha value is -1.36. The van der Waals surface area contributed by atoms with E-state index in [4.69, 9.17) is 15.6 Å². The maximum absolute atomic E-state index is 13.8. The minimum Gasteiger partial charge on any atom is -0.394 e. The SMILES string of the molecule is Nc1ncnc2c1c(Br)nn2[C@@H]1O[C@H](CO)[C@@H](F)[C@H]1O. The first kappa shape index (κ1) is 13.6. The molecule has 8 nitrogen and oxygen atoms in total. The van der Waals surface area contributed by atoms with Crippen LogP contribution in [0, 0.1) is 0 Å². The number of nitrogens with zero attached hydrogens (tertiary/aromatic N) is 4. The highest BCUT2D eigenvalue weighted by molar-refractivity contribution is 9.10. The quantitative estimate of drug-likeness (QED) is 0.685. The van der Waals surface area contributed by atoms with E-state index in [0.717, 1.165) is 0 Å². The third-order valence-corrected chi connectivity index (χ3v) is 3.74. The lowest BCUT2D eigenvalue weighted by atomic mass is 10.1. The molecule has 0 bridgehead atoms. The smallest absolute Gasteiger partial charge is 0.181 e. The molecule has 0 aromatic carbocycles. The van der Waals surface area contributed by atoms with Crippen molar-refractivity contribution in [3.05, 3.63) is 10.9 Å². The largest absolute Gasteiger partial charge is 0.394 e. The molecule has 1 fully saturated rings. The van der Waals surface area contributed by atoms with E-state index in [0.29, 0.717) is 15.6 Å². The zero-order valence-electron chi connectivity index (χ0n) is 10.0. The average molecular weight is 348 g/mol. The van der Waals surface area contributed by atoms with Crippen molar-refractivity contribution in [2.45, 2.75) is 24.6 Å². The van der Waals surface area contributed by atoms with Crippen LogP contribution in [0.2, 0.25) is 0 Å². The summed E-state index contributed by atoms with van der Waals surface area (Å²) in [6, 6.07) is 0. The lowest BCUT2D eigenvalue weighted by Gasteiger charge is -2.15. The molecule has 3 rings (SSSR count). The summed E-state index contributed by atoms with van der Waals surface area (Å²) in [6.07, 6.45) is -4.13. The molecule has 0 aliphatic carbocycles. The third kappa shape index (κ3) is 1.87. The molecule has 0 radical (unpaired) electrons. The first-order valence-electron chi connectivity index (χ1n) is 5.77. The third-order valence-electron chi connectivity index (χ3n) is 3.18. The van der Waals surface area contributed by atoms with E-state index in [9.17, 15) is 9.50 Å². The van der Waals surface area contributed by atoms with Crippen molar-refractivity contribution in [3.63, 3.8) is 0 Å². The minimum absolute atomic E-state index is 0.205. The van der Waals surface area contributed by atoms with Gasteiger partial charge in [0.05, 0.1) is 12.0 Å². The maximum Gasteiger partial charge on any atom is 0.181 e. The standard InChI is InChI=1S/C10H11BrFN5O3/c11-7-4-8(13)14-2-15-9(4)17(16-7)10-6(19)5(12)3(1-18)20-10/h2-3,5-6,10,18-19H,1H2,(H2,13,14,15)/t3-,5-,6-,10-/m1/s1. The van der Waals surface area contributed by atoms with Crippen molar-refractivity contribution in [1.29, 1.82) is 0 Å². The Labute approximate surface area is 120 Å². The fourth-order valence-corrected chi connectivity index (χ4v) is 2.74. The molecule has 0 amide bonds. The number of halogens is 2. The summed E-state index contributed by atoms with van der Waals surface area (Å²) in [6.45, 7) is -0.535. The molecule has 2 aromatic rings. The van der Waals surface area contributed by atoms with Crippen molar-refractivity contribution in [1.82, 2.24) is 19.7 Å². The highest BCUT2D eigenvalue weighted by Crippen LogP contribution is 2.35. The summed E-state index contributed by atoms with van der Waals surface area (Å²) in [5, 5.41) is 23.5. The van der Waals surface area contributed by atoms with Crippen LogP contribution >= 0.6 is 15.9 Å². The number of hydrogen-bond acceptors (Lipinski definition) is 7. The number of rotatable bonds is 2. The van der Waals surface area contributed by atoms with Gasteiger partial charge in [0.15, 0.2) is 18.0 Å². The highest BCUT2D eigenvalue weighted by Gasteiger charge is 2.46. The van der Waals surface area contributed by atoms with Crippen molar-refractivity contribution >= 4 is 32.8 Å². The van der Waals surface area contributed by atoms with Gasteiger partial charge < -0.3 is 20.7 Å². The van der Waals surface area contributed by atoms with Crippen LogP contribution in [0.25, 0.3) is 11.0 Å². The second-order valence-corrected chi connectivity index (χ2v) is 5.13. The first-order valence-corrected chi connectivity index (χ1v) is 6.56. The molecule has 3 heterocycles. The number of alkyl halides is 1. The monoisotopic (exact) mass is 347 g/mol. The molecule has 4 atom stereocenters. The Morgan fingerprint density at radius 2 is 2.25 bits per heavy atom. The molecule has 1 saturated heterocycles. The number of aromatic nitrogens is 4. The van der Waals surface area contributed by atoms with Crippen molar-refractivity contribution in [2.24, 2.45) is 0 Å². The lowest BCUT2D eigenvalue weighted by molar-refractivity contribution is -0.0556. The Morgan fingerprint density at radius 3 is 2.90 bits per heavy atom. The molecule has 108 valence electrons. The number of anilines is 1. The molecule has 20 heavy (non-hydrogen) atoms. The molecular formula is C10H11BrFN5O3. The van der Waals surface area contributed by atoms with Gasteiger partial charge in [0, 0.05) is 0 Å². The van der Waals surface area contributed by atoms with Crippen LogP contribution in [0.15, 0.2) is 10.9 Å².